The Morgan fingerprint density at radius 2 is 1.74 bits per heavy atom. The maximum Gasteiger partial charge on any atom is 0.336 e. The van der Waals surface area contributed by atoms with Crippen molar-refractivity contribution in [2.45, 2.75) is 6.92 Å². The largest absolute Gasteiger partial charge is 0.507 e. The van der Waals surface area contributed by atoms with Crippen molar-refractivity contribution in [3.8, 4) is 5.75 Å². The van der Waals surface area contributed by atoms with E-state index in [4.69, 9.17) is 4.42 Å². The van der Waals surface area contributed by atoms with E-state index in [0.29, 0.717) is 25.5 Å². The first-order chi connectivity index (χ1) is 10.9. The number of phenolic OH excluding ortho intramolecular Hbond substituents is 1. The molecule has 3 rings (SSSR count). The van der Waals surface area contributed by atoms with Crippen molar-refractivity contribution in [2.24, 2.45) is 0 Å². The monoisotopic (exact) mass is 436 g/mol. The molecule has 2 aromatic carbocycles. The van der Waals surface area contributed by atoms with Crippen LogP contribution < -0.4 is 5.63 Å². The van der Waals surface area contributed by atoms with E-state index in [1.807, 2.05) is 0 Å². The summed E-state index contributed by atoms with van der Waals surface area (Å²) in [4.78, 5) is 24.5. The van der Waals surface area contributed by atoms with E-state index in [0.717, 1.165) is 0 Å². The summed E-state index contributed by atoms with van der Waals surface area (Å²) >= 11 is 6.65. The lowest BCUT2D eigenvalue weighted by Crippen LogP contribution is -2.06. The van der Waals surface area contributed by atoms with Crippen LogP contribution >= 0.6 is 31.9 Å². The van der Waals surface area contributed by atoms with Crippen LogP contribution in [0, 0.1) is 6.92 Å². The quantitative estimate of drug-likeness (QED) is 0.471. The number of rotatable bonds is 2. The molecule has 6 heteroatoms. The van der Waals surface area contributed by atoms with Gasteiger partial charge in [-0.1, -0.05) is 31.9 Å². The number of hydrogen-bond acceptors (Lipinski definition) is 4. The highest BCUT2D eigenvalue weighted by molar-refractivity contribution is 9.11. The Hall–Kier alpha value is -1.92. The zero-order chi connectivity index (χ0) is 16.7. The van der Waals surface area contributed by atoms with Crippen LogP contribution in [-0.4, -0.2) is 10.9 Å². The van der Waals surface area contributed by atoms with Crippen molar-refractivity contribution in [2.75, 3.05) is 0 Å². The molecule has 0 aliphatic carbocycles. The Morgan fingerprint density at radius 1 is 1.09 bits per heavy atom. The molecule has 1 N–H and O–H groups in total. The molecule has 3 aromatic rings. The topological polar surface area (TPSA) is 67.5 Å². The third kappa shape index (κ3) is 2.96. The number of aryl methyl sites for hydroxylation is 1. The molecule has 0 radical (unpaired) electrons. The molecule has 0 aliphatic rings. The normalized spacial score (nSPS) is 10.9. The van der Waals surface area contributed by atoms with E-state index < -0.39 is 11.4 Å². The summed E-state index contributed by atoms with van der Waals surface area (Å²) in [6.45, 7) is 1.75. The van der Waals surface area contributed by atoms with Crippen molar-refractivity contribution < 1.29 is 14.3 Å². The van der Waals surface area contributed by atoms with E-state index in [2.05, 4.69) is 31.9 Å². The first-order valence-electron chi connectivity index (χ1n) is 6.64. The van der Waals surface area contributed by atoms with E-state index in [-0.39, 0.29) is 16.9 Å². The Balaban J connectivity index is 2.32. The molecule has 0 atom stereocenters. The number of ketones is 1. The third-order valence-electron chi connectivity index (χ3n) is 3.45. The van der Waals surface area contributed by atoms with Gasteiger partial charge in [0.25, 0.3) is 0 Å². The van der Waals surface area contributed by atoms with Crippen LogP contribution in [0.25, 0.3) is 11.0 Å². The summed E-state index contributed by atoms with van der Waals surface area (Å²) < 4.78 is 6.63. The number of benzene rings is 2. The molecule has 4 nitrogen and oxygen atoms in total. The van der Waals surface area contributed by atoms with Crippen LogP contribution in [-0.2, 0) is 0 Å². The molecule has 0 spiro atoms. The third-order valence-corrected chi connectivity index (χ3v) is 4.37. The second kappa shape index (κ2) is 5.94. The first-order valence-corrected chi connectivity index (χ1v) is 8.22. The van der Waals surface area contributed by atoms with E-state index in [1.165, 1.54) is 12.1 Å². The van der Waals surface area contributed by atoms with Gasteiger partial charge in [-0.3, -0.25) is 4.79 Å². The fraction of sp³-hybridized carbons (Fsp3) is 0.0588. The molecular weight excluding hydrogens is 428 g/mol. The number of aromatic hydroxyl groups is 1. The molecule has 1 heterocycles. The van der Waals surface area contributed by atoms with Crippen LogP contribution in [0.5, 0.6) is 5.75 Å². The molecule has 0 saturated heterocycles. The van der Waals surface area contributed by atoms with Gasteiger partial charge < -0.3 is 9.52 Å². The molecule has 0 aliphatic heterocycles. The van der Waals surface area contributed by atoms with Crippen molar-refractivity contribution >= 4 is 48.6 Å². The lowest BCUT2D eigenvalue weighted by molar-refractivity contribution is 0.103. The van der Waals surface area contributed by atoms with Crippen molar-refractivity contribution in [3.63, 3.8) is 0 Å². The minimum absolute atomic E-state index is 0.0201. The molecule has 0 amide bonds. The van der Waals surface area contributed by atoms with Crippen LogP contribution in [0.2, 0.25) is 0 Å². The summed E-state index contributed by atoms with van der Waals surface area (Å²) in [5, 5.41) is 10.8. The summed E-state index contributed by atoms with van der Waals surface area (Å²) in [5.74, 6) is -0.656. The predicted molar refractivity (Wildman–Crippen MR) is 94.2 cm³/mol. The Kier molecular flexibility index (Phi) is 4.12. The molecule has 23 heavy (non-hydrogen) atoms. The minimum atomic E-state index is -0.565. The maximum atomic E-state index is 12.8. The smallest absolute Gasteiger partial charge is 0.336 e. The fourth-order valence-electron chi connectivity index (χ4n) is 2.42. The Morgan fingerprint density at radius 3 is 2.39 bits per heavy atom. The van der Waals surface area contributed by atoms with Gasteiger partial charge in [-0.15, -0.1) is 0 Å². The van der Waals surface area contributed by atoms with Gasteiger partial charge >= 0.3 is 5.63 Å². The average Bonchev–Trinajstić information content (AvgIpc) is 2.45. The minimum Gasteiger partial charge on any atom is -0.507 e. The number of carbonyl (C=O) groups excluding carboxylic acids is 1. The van der Waals surface area contributed by atoms with Crippen LogP contribution in [0.4, 0.5) is 0 Å². The zero-order valence-electron chi connectivity index (χ0n) is 11.9. The number of hydrogen-bond donors (Lipinski definition) is 1. The van der Waals surface area contributed by atoms with Gasteiger partial charge in [0.05, 0.1) is 0 Å². The van der Waals surface area contributed by atoms with Crippen molar-refractivity contribution in [1.82, 2.24) is 0 Å². The SMILES string of the molecule is Cc1cc(=O)oc2c(C(=O)c3cc(Br)cc(Br)c3)c(O)ccc12. The molecule has 0 fully saturated rings. The van der Waals surface area contributed by atoms with Crippen LogP contribution in [0.3, 0.4) is 0 Å². The highest BCUT2D eigenvalue weighted by Crippen LogP contribution is 2.31. The second-order valence-corrected chi connectivity index (χ2v) is 6.90. The van der Waals surface area contributed by atoms with Gasteiger partial charge in [-0.25, -0.2) is 4.79 Å². The summed E-state index contributed by atoms with van der Waals surface area (Å²) in [7, 11) is 0. The lowest BCUT2D eigenvalue weighted by Gasteiger charge is -2.09. The van der Waals surface area contributed by atoms with E-state index in [9.17, 15) is 14.7 Å². The second-order valence-electron chi connectivity index (χ2n) is 5.07. The van der Waals surface area contributed by atoms with Crippen LogP contribution in [0.15, 0.2) is 54.6 Å². The number of fused-ring (bicyclic) bond motifs is 1. The summed E-state index contributed by atoms with van der Waals surface area (Å²) in [6.07, 6.45) is 0. The molecule has 0 saturated carbocycles. The van der Waals surface area contributed by atoms with Crippen LogP contribution in [0.1, 0.15) is 21.5 Å². The van der Waals surface area contributed by atoms with Gasteiger partial charge in [0.1, 0.15) is 11.3 Å². The van der Waals surface area contributed by atoms with E-state index in [1.54, 1.807) is 31.2 Å². The van der Waals surface area contributed by atoms with Gasteiger partial charge in [0.15, 0.2) is 5.58 Å². The molecule has 116 valence electrons. The maximum absolute atomic E-state index is 12.8. The average molecular weight is 438 g/mol. The molecular formula is C17H10Br2O4. The van der Waals surface area contributed by atoms with Crippen molar-refractivity contribution in [3.05, 3.63) is 72.5 Å². The Labute approximate surface area is 148 Å². The van der Waals surface area contributed by atoms with E-state index >= 15 is 0 Å². The van der Waals surface area contributed by atoms with Gasteiger partial charge in [0, 0.05) is 26.0 Å². The standard InChI is InChI=1S/C17H10Br2O4/c1-8-4-14(21)23-17-12(8)2-3-13(20)15(17)16(22)9-5-10(18)7-11(19)6-9/h2-7,20H,1H3. The molecule has 1 aromatic heterocycles. The van der Waals surface area contributed by atoms with Crippen molar-refractivity contribution in [1.29, 1.82) is 0 Å². The predicted octanol–water partition coefficient (Wildman–Crippen LogP) is 4.56. The molecule has 0 unspecified atom stereocenters. The summed E-state index contributed by atoms with van der Waals surface area (Å²) in [6, 6.07) is 9.47. The number of halogens is 2. The van der Waals surface area contributed by atoms with Gasteiger partial charge in [-0.2, -0.15) is 0 Å². The first kappa shape index (κ1) is 16.0. The highest BCUT2D eigenvalue weighted by atomic mass is 79.9. The summed E-state index contributed by atoms with van der Waals surface area (Å²) in [5.41, 5.74) is 0.549. The number of phenols is 1. The highest BCUT2D eigenvalue weighted by Gasteiger charge is 2.21. The fourth-order valence-corrected chi connectivity index (χ4v) is 3.72. The Bertz CT molecular complexity index is 985. The van der Waals surface area contributed by atoms with Gasteiger partial charge in [-0.05, 0) is 42.8 Å². The lowest BCUT2D eigenvalue weighted by atomic mass is 9.99. The zero-order valence-corrected chi connectivity index (χ0v) is 15.1. The number of carbonyl (C=O) groups is 1. The van der Waals surface area contributed by atoms with Gasteiger partial charge in [0.2, 0.25) is 5.78 Å². The molecule has 0 bridgehead atoms.